The van der Waals surface area contributed by atoms with Crippen molar-refractivity contribution in [2.45, 2.75) is 13.5 Å². The molecule has 4 heteroatoms. The van der Waals surface area contributed by atoms with E-state index in [2.05, 4.69) is 15.0 Å². The molecule has 0 saturated heterocycles. The zero-order valence-electron chi connectivity index (χ0n) is 8.51. The molecular formula is C11H12N4. The van der Waals surface area contributed by atoms with Crippen molar-refractivity contribution in [1.29, 1.82) is 0 Å². The molecule has 0 fully saturated rings. The minimum absolute atomic E-state index is 0.432. The number of hydrogen-bond donors (Lipinski definition) is 1. The summed E-state index contributed by atoms with van der Waals surface area (Å²) in [7, 11) is 0. The minimum Gasteiger partial charge on any atom is -0.325 e. The maximum atomic E-state index is 5.56. The Hall–Kier alpha value is -1.81. The molecule has 15 heavy (non-hydrogen) atoms. The van der Waals surface area contributed by atoms with Gasteiger partial charge in [-0.05, 0) is 25.1 Å². The first-order chi connectivity index (χ1) is 7.29. The SMILES string of the molecule is Cc1cc(CN)nc(-c2ccncc2)n1. The summed E-state index contributed by atoms with van der Waals surface area (Å²) in [6.45, 7) is 2.37. The smallest absolute Gasteiger partial charge is 0.159 e. The third-order valence-electron chi connectivity index (χ3n) is 2.05. The van der Waals surface area contributed by atoms with Crippen molar-refractivity contribution in [1.82, 2.24) is 15.0 Å². The Kier molecular flexibility index (Phi) is 2.69. The van der Waals surface area contributed by atoms with Crippen molar-refractivity contribution in [3.8, 4) is 11.4 Å². The summed E-state index contributed by atoms with van der Waals surface area (Å²) >= 11 is 0. The molecule has 2 aromatic rings. The van der Waals surface area contributed by atoms with Gasteiger partial charge in [-0.2, -0.15) is 0 Å². The van der Waals surface area contributed by atoms with Crippen LogP contribution in [0.5, 0.6) is 0 Å². The Bertz CT molecular complexity index is 453. The molecule has 4 nitrogen and oxygen atoms in total. The lowest BCUT2D eigenvalue weighted by atomic mass is 10.2. The van der Waals surface area contributed by atoms with Crippen LogP contribution in [0.1, 0.15) is 11.4 Å². The molecule has 0 aromatic carbocycles. The highest BCUT2D eigenvalue weighted by Crippen LogP contribution is 2.14. The van der Waals surface area contributed by atoms with Crippen LogP contribution in [0.3, 0.4) is 0 Å². The van der Waals surface area contributed by atoms with Gasteiger partial charge in [-0.15, -0.1) is 0 Å². The highest BCUT2D eigenvalue weighted by molar-refractivity contribution is 5.53. The van der Waals surface area contributed by atoms with Crippen LogP contribution in [0.2, 0.25) is 0 Å². The lowest BCUT2D eigenvalue weighted by Crippen LogP contribution is -2.03. The fourth-order valence-electron chi connectivity index (χ4n) is 1.37. The minimum atomic E-state index is 0.432. The number of aryl methyl sites for hydroxylation is 1. The van der Waals surface area contributed by atoms with Crippen LogP contribution in [0, 0.1) is 6.92 Å². The zero-order chi connectivity index (χ0) is 10.7. The molecular weight excluding hydrogens is 188 g/mol. The predicted molar refractivity (Wildman–Crippen MR) is 57.9 cm³/mol. The average Bonchev–Trinajstić information content (AvgIpc) is 2.29. The molecule has 76 valence electrons. The van der Waals surface area contributed by atoms with Gasteiger partial charge in [-0.1, -0.05) is 0 Å². The highest BCUT2D eigenvalue weighted by Gasteiger charge is 2.03. The first kappa shape index (κ1) is 9.73. The summed E-state index contributed by atoms with van der Waals surface area (Å²) < 4.78 is 0. The molecule has 0 atom stereocenters. The maximum Gasteiger partial charge on any atom is 0.159 e. The van der Waals surface area contributed by atoms with E-state index in [0.29, 0.717) is 12.4 Å². The van der Waals surface area contributed by atoms with Gasteiger partial charge >= 0.3 is 0 Å². The molecule has 0 bridgehead atoms. The van der Waals surface area contributed by atoms with E-state index in [-0.39, 0.29) is 0 Å². The van der Waals surface area contributed by atoms with Crippen LogP contribution in [0.4, 0.5) is 0 Å². The molecule has 0 amide bonds. The van der Waals surface area contributed by atoms with Gasteiger partial charge < -0.3 is 5.73 Å². The van der Waals surface area contributed by atoms with Gasteiger partial charge in [-0.3, -0.25) is 4.98 Å². The van der Waals surface area contributed by atoms with E-state index in [1.165, 1.54) is 0 Å². The first-order valence-electron chi connectivity index (χ1n) is 4.74. The molecule has 0 saturated carbocycles. The topological polar surface area (TPSA) is 64.7 Å². The Morgan fingerprint density at radius 3 is 2.60 bits per heavy atom. The molecule has 2 N–H and O–H groups in total. The number of nitrogens with zero attached hydrogens (tertiary/aromatic N) is 3. The van der Waals surface area contributed by atoms with Crippen molar-refractivity contribution in [2.24, 2.45) is 5.73 Å². The molecule has 2 aromatic heterocycles. The maximum absolute atomic E-state index is 5.56. The lowest BCUT2D eigenvalue weighted by Gasteiger charge is -2.03. The molecule has 0 aliphatic carbocycles. The quantitative estimate of drug-likeness (QED) is 0.793. The average molecular weight is 200 g/mol. The number of aromatic nitrogens is 3. The molecule has 0 radical (unpaired) electrons. The summed E-state index contributed by atoms with van der Waals surface area (Å²) in [5.41, 5.74) is 8.31. The monoisotopic (exact) mass is 200 g/mol. The van der Waals surface area contributed by atoms with E-state index in [1.54, 1.807) is 12.4 Å². The predicted octanol–water partition coefficient (Wildman–Crippen LogP) is 1.31. The second-order valence-corrected chi connectivity index (χ2v) is 3.26. The van der Waals surface area contributed by atoms with Crippen LogP contribution < -0.4 is 5.73 Å². The van der Waals surface area contributed by atoms with E-state index in [9.17, 15) is 0 Å². The Labute approximate surface area is 88.2 Å². The van der Waals surface area contributed by atoms with Gasteiger partial charge in [-0.25, -0.2) is 9.97 Å². The van der Waals surface area contributed by atoms with Crippen molar-refractivity contribution in [2.75, 3.05) is 0 Å². The largest absolute Gasteiger partial charge is 0.325 e. The molecule has 0 spiro atoms. The second kappa shape index (κ2) is 4.14. The Morgan fingerprint density at radius 1 is 1.20 bits per heavy atom. The van der Waals surface area contributed by atoms with Gasteiger partial charge in [0.25, 0.3) is 0 Å². The van der Waals surface area contributed by atoms with Crippen molar-refractivity contribution in [3.05, 3.63) is 42.0 Å². The van der Waals surface area contributed by atoms with Gasteiger partial charge in [0.1, 0.15) is 0 Å². The van der Waals surface area contributed by atoms with E-state index < -0.39 is 0 Å². The number of rotatable bonds is 2. The van der Waals surface area contributed by atoms with Crippen LogP contribution in [0.15, 0.2) is 30.6 Å². The third-order valence-corrected chi connectivity index (χ3v) is 2.05. The van der Waals surface area contributed by atoms with Gasteiger partial charge in [0.15, 0.2) is 5.82 Å². The zero-order valence-corrected chi connectivity index (χ0v) is 8.51. The first-order valence-corrected chi connectivity index (χ1v) is 4.74. The van der Waals surface area contributed by atoms with Crippen molar-refractivity contribution < 1.29 is 0 Å². The molecule has 0 aliphatic heterocycles. The Morgan fingerprint density at radius 2 is 1.93 bits per heavy atom. The number of nitrogens with two attached hydrogens (primary N) is 1. The van der Waals surface area contributed by atoms with Crippen LogP contribution in [0.25, 0.3) is 11.4 Å². The van der Waals surface area contributed by atoms with E-state index >= 15 is 0 Å². The summed E-state index contributed by atoms with van der Waals surface area (Å²) in [6, 6.07) is 5.66. The van der Waals surface area contributed by atoms with Crippen molar-refractivity contribution >= 4 is 0 Å². The second-order valence-electron chi connectivity index (χ2n) is 3.26. The fourth-order valence-corrected chi connectivity index (χ4v) is 1.37. The molecule has 2 heterocycles. The number of hydrogen-bond acceptors (Lipinski definition) is 4. The Balaban J connectivity index is 2.49. The molecule has 2 rings (SSSR count). The van der Waals surface area contributed by atoms with Gasteiger partial charge in [0, 0.05) is 30.2 Å². The molecule has 0 unspecified atom stereocenters. The normalized spacial score (nSPS) is 10.3. The van der Waals surface area contributed by atoms with E-state index in [4.69, 9.17) is 5.73 Å². The molecule has 0 aliphatic rings. The summed E-state index contributed by atoms with van der Waals surface area (Å²) in [5, 5.41) is 0. The lowest BCUT2D eigenvalue weighted by molar-refractivity contribution is 0.953. The summed E-state index contributed by atoms with van der Waals surface area (Å²) in [5.74, 6) is 0.706. The highest BCUT2D eigenvalue weighted by atomic mass is 14.9. The van der Waals surface area contributed by atoms with Crippen molar-refractivity contribution in [3.63, 3.8) is 0 Å². The number of pyridine rings is 1. The van der Waals surface area contributed by atoms with Crippen LogP contribution >= 0.6 is 0 Å². The van der Waals surface area contributed by atoms with Crippen LogP contribution in [-0.4, -0.2) is 15.0 Å². The van der Waals surface area contributed by atoms with Gasteiger partial charge in [0.2, 0.25) is 0 Å². The summed E-state index contributed by atoms with van der Waals surface area (Å²) in [4.78, 5) is 12.7. The van der Waals surface area contributed by atoms with E-state index in [0.717, 1.165) is 17.0 Å². The third kappa shape index (κ3) is 2.16. The van der Waals surface area contributed by atoms with Crippen LogP contribution in [-0.2, 0) is 6.54 Å². The standard InChI is InChI=1S/C11H12N4/c1-8-6-10(7-12)15-11(14-8)9-2-4-13-5-3-9/h2-6H,7,12H2,1H3. The van der Waals surface area contributed by atoms with E-state index in [1.807, 2.05) is 25.1 Å². The summed E-state index contributed by atoms with van der Waals surface area (Å²) in [6.07, 6.45) is 3.45. The fraction of sp³-hybridized carbons (Fsp3) is 0.182. The van der Waals surface area contributed by atoms with Gasteiger partial charge in [0.05, 0.1) is 5.69 Å².